The molecule has 0 spiro atoms. The molecule has 1 aliphatic heterocycles. The molecule has 8 nitrogen and oxygen atoms in total. The number of amides is 1. The number of aryl methyl sites for hydroxylation is 1. The van der Waals surface area contributed by atoms with E-state index in [9.17, 15) is 13.2 Å². The molecule has 0 radical (unpaired) electrons. The summed E-state index contributed by atoms with van der Waals surface area (Å²) in [4.78, 5) is 13.3. The van der Waals surface area contributed by atoms with Crippen molar-refractivity contribution >= 4 is 33.0 Å². The maximum atomic E-state index is 13.4. The van der Waals surface area contributed by atoms with Gasteiger partial charge in [-0.1, -0.05) is 29.8 Å². The normalized spacial score (nSPS) is 16.0. The number of methoxy groups -OCH3 is 2. The van der Waals surface area contributed by atoms with Gasteiger partial charge in [-0.2, -0.15) is 4.31 Å². The highest BCUT2D eigenvalue weighted by Crippen LogP contribution is 2.34. The first-order chi connectivity index (χ1) is 16.8. The molecule has 0 aromatic heterocycles. The number of hydrogen-bond donors (Lipinski definition) is 2. The van der Waals surface area contributed by atoms with E-state index in [2.05, 4.69) is 10.6 Å². The van der Waals surface area contributed by atoms with Gasteiger partial charge in [-0.25, -0.2) is 8.42 Å². The molecular weight excluding hydrogens is 466 g/mol. The predicted molar refractivity (Wildman–Crippen MR) is 136 cm³/mol. The molecule has 0 saturated carbocycles. The topological polar surface area (TPSA) is 97.0 Å². The SMILES string of the molecule is COc1ccc(S(=O)(=O)N2CCCC2C(=O)Nc2ccccc2Nc2ccc(C)cc2)cc1OC. The van der Waals surface area contributed by atoms with Crippen molar-refractivity contribution < 1.29 is 22.7 Å². The van der Waals surface area contributed by atoms with E-state index in [0.717, 1.165) is 16.9 Å². The lowest BCUT2D eigenvalue weighted by Crippen LogP contribution is -2.43. The number of sulfonamides is 1. The molecule has 1 saturated heterocycles. The summed E-state index contributed by atoms with van der Waals surface area (Å²) in [6.45, 7) is 2.28. The Labute approximate surface area is 205 Å². The van der Waals surface area contributed by atoms with Crippen LogP contribution in [0.1, 0.15) is 18.4 Å². The van der Waals surface area contributed by atoms with Crippen LogP contribution in [0.5, 0.6) is 11.5 Å². The molecule has 1 aliphatic rings. The van der Waals surface area contributed by atoms with Gasteiger partial charge in [0.25, 0.3) is 0 Å². The minimum Gasteiger partial charge on any atom is -0.493 e. The lowest BCUT2D eigenvalue weighted by molar-refractivity contribution is -0.119. The monoisotopic (exact) mass is 495 g/mol. The Morgan fingerprint density at radius 2 is 1.63 bits per heavy atom. The van der Waals surface area contributed by atoms with Crippen LogP contribution in [0.4, 0.5) is 17.1 Å². The third-order valence-electron chi connectivity index (χ3n) is 5.98. The van der Waals surface area contributed by atoms with Crippen LogP contribution >= 0.6 is 0 Å². The molecule has 184 valence electrons. The highest BCUT2D eigenvalue weighted by atomic mass is 32.2. The van der Waals surface area contributed by atoms with Gasteiger partial charge in [-0.05, 0) is 56.2 Å². The van der Waals surface area contributed by atoms with Gasteiger partial charge in [-0.3, -0.25) is 4.79 Å². The fourth-order valence-corrected chi connectivity index (χ4v) is 5.78. The molecular formula is C26H29N3O5S. The van der Waals surface area contributed by atoms with Crippen molar-refractivity contribution in [1.29, 1.82) is 0 Å². The number of nitrogens with one attached hydrogen (secondary N) is 2. The maximum Gasteiger partial charge on any atom is 0.243 e. The van der Waals surface area contributed by atoms with Crippen LogP contribution in [0.3, 0.4) is 0 Å². The summed E-state index contributed by atoms with van der Waals surface area (Å²) < 4.78 is 38.6. The van der Waals surface area contributed by atoms with Crippen LogP contribution in [-0.4, -0.2) is 45.4 Å². The summed E-state index contributed by atoms with van der Waals surface area (Å²) in [6, 6.07) is 18.9. The van der Waals surface area contributed by atoms with Gasteiger partial charge in [0, 0.05) is 18.3 Å². The molecule has 2 N–H and O–H groups in total. The standard InChI is InChI=1S/C26H29N3O5S/c1-18-10-12-19(13-11-18)27-21-7-4-5-8-22(21)28-26(30)23-9-6-16-29(23)35(31,32)20-14-15-24(33-2)25(17-20)34-3/h4-5,7-8,10-15,17,23,27H,6,9,16H2,1-3H3,(H,28,30). The minimum atomic E-state index is -3.92. The molecule has 0 aliphatic carbocycles. The number of benzene rings is 3. The number of hydrogen-bond acceptors (Lipinski definition) is 6. The van der Waals surface area contributed by atoms with Crippen molar-refractivity contribution in [3.63, 3.8) is 0 Å². The number of anilines is 3. The third kappa shape index (κ3) is 5.26. The summed E-state index contributed by atoms with van der Waals surface area (Å²) >= 11 is 0. The van der Waals surface area contributed by atoms with E-state index in [4.69, 9.17) is 9.47 Å². The lowest BCUT2D eigenvalue weighted by atomic mass is 10.2. The largest absolute Gasteiger partial charge is 0.493 e. The Hall–Kier alpha value is -3.56. The first-order valence-electron chi connectivity index (χ1n) is 11.3. The number of para-hydroxylation sites is 2. The van der Waals surface area contributed by atoms with Crippen molar-refractivity contribution in [2.75, 3.05) is 31.4 Å². The van der Waals surface area contributed by atoms with E-state index >= 15 is 0 Å². The molecule has 35 heavy (non-hydrogen) atoms. The van der Waals surface area contributed by atoms with Gasteiger partial charge >= 0.3 is 0 Å². The number of ether oxygens (including phenoxy) is 2. The fourth-order valence-electron chi connectivity index (χ4n) is 4.11. The van der Waals surface area contributed by atoms with Gasteiger partial charge in [0.15, 0.2) is 11.5 Å². The van der Waals surface area contributed by atoms with Gasteiger partial charge in [0.1, 0.15) is 6.04 Å². The second-order valence-electron chi connectivity index (χ2n) is 8.32. The lowest BCUT2D eigenvalue weighted by Gasteiger charge is -2.24. The number of carbonyl (C=O) groups excluding carboxylic acids is 1. The van der Waals surface area contributed by atoms with Gasteiger partial charge in [-0.15, -0.1) is 0 Å². The average Bonchev–Trinajstić information content (AvgIpc) is 3.37. The quantitative estimate of drug-likeness (QED) is 0.476. The van der Waals surface area contributed by atoms with Crippen LogP contribution in [0.2, 0.25) is 0 Å². The highest BCUT2D eigenvalue weighted by Gasteiger charge is 2.40. The van der Waals surface area contributed by atoms with Gasteiger partial charge in [0.05, 0.1) is 30.5 Å². The number of rotatable bonds is 8. The number of carbonyl (C=O) groups is 1. The van der Waals surface area contributed by atoms with E-state index in [1.807, 2.05) is 49.4 Å². The number of nitrogens with zero attached hydrogens (tertiary/aromatic N) is 1. The second kappa shape index (κ2) is 10.4. The van der Waals surface area contributed by atoms with Crippen LogP contribution in [-0.2, 0) is 14.8 Å². The third-order valence-corrected chi connectivity index (χ3v) is 7.89. The molecule has 1 heterocycles. The van der Waals surface area contributed by atoms with Crippen LogP contribution in [0.15, 0.2) is 71.6 Å². The zero-order valence-corrected chi connectivity index (χ0v) is 20.8. The van der Waals surface area contributed by atoms with E-state index in [-0.39, 0.29) is 17.3 Å². The Morgan fingerprint density at radius 3 is 2.31 bits per heavy atom. The van der Waals surface area contributed by atoms with Crippen LogP contribution < -0.4 is 20.1 Å². The van der Waals surface area contributed by atoms with Gasteiger partial charge in [0.2, 0.25) is 15.9 Å². The molecule has 1 amide bonds. The molecule has 1 fully saturated rings. The summed E-state index contributed by atoms with van der Waals surface area (Å²) in [5.41, 5.74) is 3.33. The summed E-state index contributed by atoms with van der Waals surface area (Å²) in [5.74, 6) is 0.370. The van der Waals surface area contributed by atoms with Crippen molar-refractivity contribution in [2.45, 2.75) is 30.7 Å². The maximum absolute atomic E-state index is 13.4. The van der Waals surface area contributed by atoms with E-state index < -0.39 is 16.1 Å². The molecule has 1 unspecified atom stereocenters. The molecule has 4 rings (SSSR count). The Kier molecular flexibility index (Phi) is 7.28. The molecule has 1 atom stereocenters. The smallest absolute Gasteiger partial charge is 0.243 e. The van der Waals surface area contributed by atoms with Crippen molar-refractivity contribution in [3.05, 3.63) is 72.3 Å². The zero-order chi connectivity index (χ0) is 25.0. The Morgan fingerprint density at radius 1 is 0.943 bits per heavy atom. The van der Waals surface area contributed by atoms with Crippen molar-refractivity contribution in [2.24, 2.45) is 0 Å². The highest BCUT2D eigenvalue weighted by molar-refractivity contribution is 7.89. The molecule has 0 bridgehead atoms. The van der Waals surface area contributed by atoms with E-state index in [1.165, 1.54) is 30.7 Å². The predicted octanol–water partition coefficient (Wildman–Crippen LogP) is 4.55. The van der Waals surface area contributed by atoms with Crippen molar-refractivity contribution in [3.8, 4) is 11.5 Å². The average molecular weight is 496 g/mol. The summed E-state index contributed by atoms with van der Waals surface area (Å²) in [5, 5.41) is 6.24. The van der Waals surface area contributed by atoms with Crippen LogP contribution in [0, 0.1) is 6.92 Å². The first kappa shape index (κ1) is 24.6. The van der Waals surface area contributed by atoms with Crippen molar-refractivity contribution in [1.82, 2.24) is 4.31 Å². The summed E-state index contributed by atoms with van der Waals surface area (Å²) in [7, 11) is -0.993. The summed E-state index contributed by atoms with van der Waals surface area (Å²) in [6.07, 6.45) is 1.03. The van der Waals surface area contributed by atoms with E-state index in [0.29, 0.717) is 30.0 Å². The minimum absolute atomic E-state index is 0.0521. The Balaban J connectivity index is 1.55. The molecule has 3 aromatic rings. The van der Waals surface area contributed by atoms with E-state index in [1.54, 1.807) is 12.1 Å². The zero-order valence-electron chi connectivity index (χ0n) is 19.9. The Bertz CT molecular complexity index is 1310. The molecule has 3 aromatic carbocycles. The van der Waals surface area contributed by atoms with Crippen LogP contribution in [0.25, 0.3) is 0 Å². The molecule has 9 heteroatoms. The second-order valence-corrected chi connectivity index (χ2v) is 10.2. The fraction of sp³-hybridized carbons (Fsp3) is 0.269. The first-order valence-corrected chi connectivity index (χ1v) is 12.7. The van der Waals surface area contributed by atoms with Gasteiger partial charge < -0.3 is 20.1 Å².